The van der Waals surface area contributed by atoms with E-state index in [4.69, 9.17) is 0 Å². The van der Waals surface area contributed by atoms with Crippen LogP contribution in [0.15, 0.2) is 54.6 Å². The molecule has 2 aromatic carbocycles. The van der Waals surface area contributed by atoms with E-state index in [0.717, 1.165) is 35.7 Å². The van der Waals surface area contributed by atoms with Crippen LogP contribution in [-0.4, -0.2) is 37.6 Å². The number of carbonyl (C=O) groups excluding carboxylic acids is 1. The van der Waals surface area contributed by atoms with Gasteiger partial charge in [-0.15, -0.1) is 5.10 Å². The minimum absolute atomic E-state index is 0.101. The number of para-hydroxylation sites is 2. The minimum atomic E-state index is -0.101. The maximum Gasteiger partial charge on any atom is 0.222 e. The van der Waals surface area contributed by atoms with Crippen molar-refractivity contribution in [2.45, 2.75) is 32.4 Å². The van der Waals surface area contributed by atoms with Crippen molar-refractivity contribution in [2.24, 2.45) is 0 Å². The number of aromatic nitrogens is 4. The molecule has 0 saturated carbocycles. The first-order valence-electron chi connectivity index (χ1n) is 9.18. The van der Waals surface area contributed by atoms with Crippen molar-refractivity contribution in [2.75, 3.05) is 11.9 Å². The van der Waals surface area contributed by atoms with Crippen LogP contribution in [0, 0.1) is 0 Å². The Morgan fingerprint density at radius 3 is 2.67 bits per heavy atom. The fourth-order valence-electron chi connectivity index (χ4n) is 3.39. The number of hydrogen-bond donors (Lipinski definition) is 1. The Labute approximate surface area is 158 Å². The molecule has 3 aromatic rings. The molecular formula is C20H22N6O. The van der Waals surface area contributed by atoms with Gasteiger partial charge in [0.1, 0.15) is 0 Å². The van der Waals surface area contributed by atoms with Gasteiger partial charge >= 0.3 is 0 Å². The van der Waals surface area contributed by atoms with Gasteiger partial charge in [0, 0.05) is 25.2 Å². The summed E-state index contributed by atoms with van der Waals surface area (Å²) in [5.41, 5.74) is 3.01. The molecule has 27 heavy (non-hydrogen) atoms. The first-order chi connectivity index (χ1) is 13.2. The summed E-state index contributed by atoms with van der Waals surface area (Å²) in [5, 5.41) is 15.7. The second-order valence-electron chi connectivity index (χ2n) is 6.73. The van der Waals surface area contributed by atoms with E-state index in [1.54, 1.807) is 4.68 Å². The van der Waals surface area contributed by atoms with Crippen molar-refractivity contribution in [1.82, 2.24) is 25.1 Å². The Hall–Kier alpha value is -3.22. The molecule has 0 radical (unpaired) electrons. The molecule has 2 heterocycles. The minimum Gasteiger partial charge on any atom is -0.375 e. The molecule has 0 spiro atoms. The van der Waals surface area contributed by atoms with Gasteiger partial charge in [0.2, 0.25) is 5.91 Å². The lowest BCUT2D eigenvalue weighted by atomic mass is 10.1. The summed E-state index contributed by atoms with van der Waals surface area (Å²) in [7, 11) is 0. The van der Waals surface area contributed by atoms with Gasteiger partial charge in [-0.3, -0.25) is 4.79 Å². The lowest BCUT2D eigenvalue weighted by Crippen LogP contribution is -2.24. The smallest absolute Gasteiger partial charge is 0.222 e. The molecule has 1 aromatic heterocycles. The molecule has 7 nitrogen and oxygen atoms in total. The van der Waals surface area contributed by atoms with Crippen molar-refractivity contribution in [3.8, 4) is 5.69 Å². The van der Waals surface area contributed by atoms with Gasteiger partial charge in [0.15, 0.2) is 5.82 Å². The number of benzene rings is 2. The number of nitrogens with zero attached hydrogens (tertiary/aromatic N) is 5. The third kappa shape index (κ3) is 3.67. The van der Waals surface area contributed by atoms with Crippen molar-refractivity contribution in [1.29, 1.82) is 0 Å². The highest BCUT2D eigenvalue weighted by molar-refractivity contribution is 5.78. The Morgan fingerprint density at radius 1 is 1.11 bits per heavy atom. The zero-order chi connectivity index (χ0) is 18.6. The van der Waals surface area contributed by atoms with Crippen LogP contribution in [0.4, 0.5) is 5.69 Å². The molecule has 1 N–H and O–H groups in total. The van der Waals surface area contributed by atoms with Crippen molar-refractivity contribution in [3.05, 3.63) is 66.0 Å². The van der Waals surface area contributed by atoms with E-state index < -0.39 is 0 Å². The normalized spacial score (nSPS) is 15.1. The van der Waals surface area contributed by atoms with E-state index in [1.165, 1.54) is 0 Å². The molecule has 1 aliphatic heterocycles. The summed E-state index contributed by atoms with van der Waals surface area (Å²) in [6, 6.07) is 17.8. The fourth-order valence-corrected chi connectivity index (χ4v) is 3.39. The molecule has 1 saturated heterocycles. The first-order valence-corrected chi connectivity index (χ1v) is 9.18. The largest absolute Gasteiger partial charge is 0.375 e. The van der Waals surface area contributed by atoms with E-state index >= 15 is 0 Å². The molecule has 1 atom stereocenters. The molecule has 1 fully saturated rings. The standard InChI is InChI=1S/C20H22N6O/c1-15(20-22-23-24-26(20)17-9-3-2-4-10-17)21-18-11-6-5-8-16(18)14-25-13-7-12-19(25)27/h2-6,8-11,15,21H,7,12-14H2,1H3. The monoisotopic (exact) mass is 362 g/mol. The van der Waals surface area contributed by atoms with Crippen LogP contribution in [0.3, 0.4) is 0 Å². The lowest BCUT2D eigenvalue weighted by Gasteiger charge is -2.21. The van der Waals surface area contributed by atoms with Crippen LogP contribution in [0.25, 0.3) is 5.69 Å². The first kappa shape index (κ1) is 17.2. The molecule has 1 amide bonds. The Balaban J connectivity index is 1.55. The van der Waals surface area contributed by atoms with Gasteiger partial charge in [-0.2, -0.15) is 4.68 Å². The average molecular weight is 362 g/mol. The summed E-state index contributed by atoms with van der Waals surface area (Å²) in [6.45, 7) is 3.48. The Morgan fingerprint density at radius 2 is 1.89 bits per heavy atom. The van der Waals surface area contributed by atoms with Crippen molar-refractivity contribution >= 4 is 11.6 Å². The topological polar surface area (TPSA) is 75.9 Å². The van der Waals surface area contributed by atoms with E-state index in [2.05, 4.69) is 26.9 Å². The fraction of sp³-hybridized carbons (Fsp3) is 0.300. The van der Waals surface area contributed by atoms with Crippen LogP contribution in [0.1, 0.15) is 37.2 Å². The number of rotatable bonds is 6. The number of amides is 1. The highest BCUT2D eigenvalue weighted by Crippen LogP contribution is 2.25. The highest BCUT2D eigenvalue weighted by Gasteiger charge is 2.22. The van der Waals surface area contributed by atoms with E-state index in [1.807, 2.05) is 60.4 Å². The number of likely N-dealkylation sites (tertiary alicyclic amines) is 1. The molecule has 1 aliphatic rings. The van der Waals surface area contributed by atoms with Crippen LogP contribution >= 0.6 is 0 Å². The molecule has 0 bridgehead atoms. The van der Waals surface area contributed by atoms with Crippen molar-refractivity contribution in [3.63, 3.8) is 0 Å². The number of hydrogen-bond acceptors (Lipinski definition) is 5. The number of nitrogens with one attached hydrogen (secondary N) is 1. The predicted molar refractivity (Wildman–Crippen MR) is 102 cm³/mol. The number of tetrazole rings is 1. The summed E-state index contributed by atoms with van der Waals surface area (Å²) < 4.78 is 1.74. The molecule has 1 unspecified atom stereocenters. The van der Waals surface area contributed by atoms with Crippen LogP contribution in [0.2, 0.25) is 0 Å². The van der Waals surface area contributed by atoms with Crippen LogP contribution < -0.4 is 5.32 Å². The third-order valence-electron chi connectivity index (χ3n) is 4.80. The molecule has 4 rings (SSSR count). The SMILES string of the molecule is CC(Nc1ccccc1CN1CCCC1=O)c1nnnn1-c1ccccc1. The summed E-state index contributed by atoms with van der Waals surface area (Å²) in [4.78, 5) is 13.9. The number of anilines is 1. The molecule has 0 aliphatic carbocycles. The zero-order valence-electron chi connectivity index (χ0n) is 15.2. The average Bonchev–Trinajstić information content (AvgIpc) is 3.34. The van der Waals surface area contributed by atoms with Gasteiger partial charge in [-0.25, -0.2) is 0 Å². The quantitative estimate of drug-likeness (QED) is 0.730. The summed E-state index contributed by atoms with van der Waals surface area (Å²) >= 11 is 0. The number of carbonyl (C=O) groups is 1. The second-order valence-corrected chi connectivity index (χ2v) is 6.73. The van der Waals surface area contributed by atoms with Gasteiger partial charge in [0.05, 0.1) is 11.7 Å². The van der Waals surface area contributed by atoms with E-state index in [0.29, 0.717) is 13.0 Å². The highest BCUT2D eigenvalue weighted by atomic mass is 16.2. The van der Waals surface area contributed by atoms with E-state index in [-0.39, 0.29) is 11.9 Å². The zero-order valence-corrected chi connectivity index (χ0v) is 15.2. The molecule has 138 valence electrons. The van der Waals surface area contributed by atoms with Gasteiger partial charge in [-0.05, 0) is 47.5 Å². The van der Waals surface area contributed by atoms with Gasteiger partial charge in [-0.1, -0.05) is 36.4 Å². The third-order valence-corrected chi connectivity index (χ3v) is 4.80. The summed E-state index contributed by atoms with van der Waals surface area (Å²) in [5.74, 6) is 0.958. The lowest BCUT2D eigenvalue weighted by molar-refractivity contribution is -0.128. The van der Waals surface area contributed by atoms with Crippen molar-refractivity contribution < 1.29 is 4.79 Å². The van der Waals surface area contributed by atoms with Gasteiger partial charge < -0.3 is 10.2 Å². The molecular weight excluding hydrogens is 340 g/mol. The summed E-state index contributed by atoms with van der Waals surface area (Å²) in [6.07, 6.45) is 1.59. The predicted octanol–water partition coefficient (Wildman–Crippen LogP) is 2.96. The van der Waals surface area contributed by atoms with E-state index in [9.17, 15) is 4.79 Å². The maximum atomic E-state index is 12.0. The van der Waals surface area contributed by atoms with Gasteiger partial charge in [0.25, 0.3) is 0 Å². The van der Waals surface area contributed by atoms with Crippen LogP contribution in [0.5, 0.6) is 0 Å². The maximum absolute atomic E-state index is 12.0. The Kier molecular flexibility index (Phi) is 4.82. The van der Waals surface area contributed by atoms with Crippen LogP contribution in [-0.2, 0) is 11.3 Å². The molecule has 7 heteroatoms. The Bertz CT molecular complexity index is 923. The second kappa shape index (κ2) is 7.57.